The number of hydrogen-bond donors (Lipinski definition) is 1. The van der Waals surface area contributed by atoms with Crippen LogP contribution in [0.1, 0.15) is 58.6 Å². The lowest BCUT2D eigenvalue weighted by molar-refractivity contribution is -0.140. The molecule has 2 unspecified atom stereocenters. The molecule has 0 aliphatic carbocycles. The molecular formula is C28H40N2O5. The number of ether oxygens (including phenoxy) is 3. The van der Waals surface area contributed by atoms with Gasteiger partial charge >= 0.3 is 0 Å². The molecule has 0 saturated heterocycles. The highest BCUT2D eigenvalue weighted by molar-refractivity contribution is 5.87. The topological polar surface area (TPSA) is 77.1 Å². The fourth-order valence-corrected chi connectivity index (χ4v) is 3.62. The normalized spacial score (nSPS) is 12.4. The first kappa shape index (κ1) is 28.0. The molecule has 2 amide bonds. The van der Waals surface area contributed by atoms with Crippen LogP contribution >= 0.6 is 0 Å². The number of hydrogen-bond acceptors (Lipinski definition) is 5. The average molecular weight is 485 g/mol. The number of rotatable bonds is 14. The third kappa shape index (κ3) is 8.50. The van der Waals surface area contributed by atoms with E-state index in [1.165, 1.54) is 0 Å². The Bertz CT molecular complexity index is 945. The molecule has 0 saturated carbocycles. The molecule has 0 bridgehead atoms. The first-order valence-electron chi connectivity index (χ1n) is 12.4. The van der Waals surface area contributed by atoms with Crippen LogP contribution in [-0.2, 0) is 22.6 Å². The minimum absolute atomic E-state index is 0.0451. The van der Waals surface area contributed by atoms with Crippen LogP contribution in [0.3, 0.4) is 0 Å². The zero-order valence-electron chi connectivity index (χ0n) is 21.9. The Morgan fingerprint density at radius 1 is 0.914 bits per heavy atom. The molecule has 0 aliphatic rings. The predicted octanol–water partition coefficient (Wildman–Crippen LogP) is 4.76. The monoisotopic (exact) mass is 484 g/mol. The van der Waals surface area contributed by atoms with Crippen LogP contribution in [0.2, 0.25) is 0 Å². The number of carbonyl (C=O) groups excluding carboxylic acids is 2. The van der Waals surface area contributed by atoms with Crippen LogP contribution in [-0.4, -0.2) is 49.1 Å². The van der Waals surface area contributed by atoms with Crippen molar-refractivity contribution in [3.8, 4) is 17.2 Å². The van der Waals surface area contributed by atoms with Gasteiger partial charge in [-0.05, 0) is 75.9 Å². The van der Waals surface area contributed by atoms with Gasteiger partial charge in [-0.2, -0.15) is 0 Å². The zero-order chi connectivity index (χ0) is 25.8. The van der Waals surface area contributed by atoms with Gasteiger partial charge in [0, 0.05) is 19.0 Å². The van der Waals surface area contributed by atoms with Gasteiger partial charge in [-0.25, -0.2) is 0 Å². The van der Waals surface area contributed by atoms with E-state index in [2.05, 4.69) is 5.32 Å². The van der Waals surface area contributed by atoms with E-state index in [9.17, 15) is 9.59 Å². The summed E-state index contributed by atoms with van der Waals surface area (Å²) < 4.78 is 16.6. The van der Waals surface area contributed by atoms with Gasteiger partial charge in [0.15, 0.2) is 11.5 Å². The van der Waals surface area contributed by atoms with E-state index < -0.39 is 6.04 Å². The number of nitrogens with one attached hydrogen (secondary N) is 1. The molecule has 0 fully saturated rings. The van der Waals surface area contributed by atoms with E-state index in [0.29, 0.717) is 37.7 Å². The van der Waals surface area contributed by atoms with Crippen LogP contribution in [0.25, 0.3) is 0 Å². The van der Waals surface area contributed by atoms with Crippen LogP contribution in [0, 0.1) is 0 Å². The van der Waals surface area contributed by atoms with Gasteiger partial charge < -0.3 is 24.4 Å². The van der Waals surface area contributed by atoms with Crippen molar-refractivity contribution in [1.29, 1.82) is 0 Å². The lowest BCUT2D eigenvalue weighted by Gasteiger charge is -2.30. The smallest absolute Gasteiger partial charge is 0.242 e. The summed E-state index contributed by atoms with van der Waals surface area (Å²) in [4.78, 5) is 27.9. The fourth-order valence-electron chi connectivity index (χ4n) is 3.62. The number of aryl methyl sites for hydroxylation is 1. The maximum atomic E-state index is 13.4. The molecule has 0 radical (unpaired) electrons. The summed E-state index contributed by atoms with van der Waals surface area (Å²) in [5.74, 6) is 1.88. The van der Waals surface area contributed by atoms with Gasteiger partial charge in [0.05, 0.1) is 20.3 Å². The zero-order valence-corrected chi connectivity index (χ0v) is 21.9. The van der Waals surface area contributed by atoms with E-state index in [4.69, 9.17) is 14.2 Å². The number of nitrogens with zero attached hydrogens (tertiary/aromatic N) is 1. The first-order chi connectivity index (χ1) is 16.8. The van der Waals surface area contributed by atoms with E-state index in [-0.39, 0.29) is 24.3 Å². The Kier molecular flexibility index (Phi) is 11.4. The molecule has 35 heavy (non-hydrogen) atoms. The second kappa shape index (κ2) is 14.2. The van der Waals surface area contributed by atoms with Gasteiger partial charge in [-0.1, -0.05) is 25.1 Å². The predicted molar refractivity (Wildman–Crippen MR) is 138 cm³/mol. The highest BCUT2D eigenvalue weighted by atomic mass is 16.5. The quantitative estimate of drug-likeness (QED) is 0.418. The van der Waals surface area contributed by atoms with E-state index in [1.54, 1.807) is 18.9 Å². The van der Waals surface area contributed by atoms with Gasteiger partial charge in [0.25, 0.3) is 0 Å². The SMILES string of the molecule is CCOc1ccc(CCC(=O)N(Cc2ccc(OC)cc2)C(C)C(=O)NC(C)CC)cc1OCC. The molecule has 192 valence electrons. The molecule has 0 aromatic heterocycles. The summed E-state index contributed by atoms with van der Waals surface area (Å²) >= 11 is 0. The van der Waals surface area contributed by atoms with Crippen molar-refractivity contribution in [1.82, 2.24) is 10.2 Å². The summed E-state index contributed by atoms with van der Waals surface area (Å²) in [5.41, 5.74) is 1.91. The van der Waals surface area contributed by atoms with E-state index in [1.807, 2.05) is 70.2 Å². The molecule has 0 spiro atoms. The maximum absolute atomic E-state index is 13.4. The summed E-state index contributed by atoms with van der Waals surface area (Å²) in [7, 11) is 1.62. The number of benzene rings is 2. The largest absolute Gasteiger partial charge is 0.497 e. The highest BCUT2D eigenvalue weighted by Gasteiger charge is 2.26. The van der Waals surface area contributed by atoms with Crippen LogP contribution in [0.5, 0.6) is 17.2 Å². The molecule has 2 aromatic carbocycles. The van der Waals surface area contributed by atoms with Crippen molar-refractivity contribution < 1.29 is 23.8 Å². The number of amides is 2. The molecule has 2 atom stereocenters. The standard InChI is InChI=1S/C28H40N2O5/c1-7-20(4)29-28(32)21(5)30(19-23-10-14-24(33-6)15-11-23)27(31)17-13-22-12-16-25(34-8-2)26(18-22)35-9-3/h10-12,14-16,18,20-21H,7-9,13,17,19H2,1-6H3,(H,29,32). The van der Waals surface area contributed by atoms with Crippen molar-refractivity contribution >= 4 is 11.8 Å². The Morgan fingerprint density at radius 3 is 2.14 bits per heavy atom. The second-order valence-electron chi connectivity index (χ2n) is 8.51. The molecule has 7 nitrogen and oxygen atoms in total. The van der Waals surface area contributed by atoms with Crippen molar-refractivity contribution in [2.45, 2.75) is 72.5 Å². The molecule has 1 N–H and O–H groups in total. The highest BCUT2D eigenvalue weighted by Crippen LogP contribution is 2.29. The molecule has 7 heteroatoms. The lowest BCUT2D eigenvalue weighted by atomic mass is 10.1. The third-order valence-corrected chi connectivity index (χ3v) is 5.92. The Labute approximate surface area is 209 Å². The molecule has 2 rings (SSSR count). The minimum atomic E-state index is -0.599. The molecule has 2 aromatic rings. The first-order valence-corrected chi connectivity index (χ1v) is 12.4. The second-order valence-corrected chi connectivity index (χ2v) is 8.51. The van der Waals surface area contributed by atoms with Gasteiger partial charge in [-0.3, -0.25) is 9.59 Å². The summed E-state index contributed by atoms with van der Waals surface area (Å²) in [6, 6.07) is 12.8. The minimum Gasteiger partial charge on any atom is -0.497 e. The van der Waals surface area contributed by atoms with Crippen LogP contribution in [0.15, 0.2) is 42.5 Å². The Hall–Kier alpha value is -3.22. The van der Waals surface area contributed by atoms with Gasteiger partial charge in [-0.15, -0.1) is 0 Å². The van der Waals surface area contributed by atoms with E-state index >= 15 is 0 Å². The van der Waals surface area contributed by atoms with Gasteiger partial charge in [0.1, 0.15) is 11.8 Å². The molecule has 0 heterocycles. The maximum Gasteiger partial charge on any atom is 0.242 e. The Balaban J connectivity index is 2.18. The summed E-state index contributed by atoms with van der Waals surface area (Å²) in [5, 5.41) is 3.00. The molecule has 0 aliphatic heterocycles. The summed E-state index contributed by atoms with van der Waals surface area (Å²) in [6.07, 6.45) is 1.63. The van der Waals surface area contributed by atoms with Gasteiger partial charge in [0.2, 0.25) is 11.8 Å². The number of methoxy groups -OCH3 is 1. The third-order valence-electron chi connectivity index (χ3n) is 5.92. The summed E-state index contributed by atoms with van der Waals surface area (Å²) in [6.45, 7) is 11.0. The van der Waals surface area contributed by atoms with Crippen molar-refractivity contribution in [2.24, 2.45) is 0 Å². The van der Waals surface area contributed by atoms with Crippen LogP contribution < -0.4 is 19.5 Å². The number of carbonyl (C=O) groups is 2. The van der Waals surface area contributed by atoms with Crippen molar-refractivity contribution in [3.63, 3.8) is 0 Å². The van der Waals surface area contributed by atoms with Crippen molar-refractivity contribution in [2.75, 3.05) is 20.3 Å². The van der Waals surface area contributed by atoms with E-state index in [0.717, 1.165) is 23.3 Å². The fraction of sp³-hybridized carbons (Fsp3) is 0.500. The van der Waals surface area contributed by atoms with Crippen molar-refractivity contribution in [3.05, 3.63) is 53.6 Å². The average Bonchev–Trinajstić information content (AvgIpc) is 2.87. The Morgan fingerprint density at radius 2 is 1.54 bits per heavy atom. The lowest BCUT2D eigenvalue weighted by Crippen LogP contribution is -2.49. The van der Waals surface area contributed by atoms with Crippen LogP contribution in [0.4, 0.5) is 0 Å². The molecular weight excluding hydrogens is 444 g/mol.